The van der Waals surface area contributed by atoms with Crippen LogP contribution in [0.25, 0.3) is 0 Å². The van der Waals surface area contributed by atoms with Gasteiger partial charge in [-0.1, -0.05) is 13.8 Å². The quantitative estimate of drug-likeness (QED) is 0.366. The van der Waals surface area contributed by atoms with Gasteiger partial charge < -0.3 is 15.2 Å². The number of fused-ring (bicyclic) bond motifs is 4. The summed E-state index contributed by atoms with van der Waals surface area (Å²) < 4.78 is 2.29. The molecule has 4 aliphatic heterocycles. The van der Waals surface area contributed by atoms with Gasteiger partial charge in [-0.25, -0.2) is 0 Å². The highest BCUT2D eigenvalue weighted by Gasteiger charge is 2.32. The Morgan fingerprint density at radius 3 is 2.59 bits per heavy atom. The molecule has 0 amide bonds. The van der Waals surface area contributed by atoms with Crippen molar-refractivity contribution in [2.75, 3.05) is 46.3 Å². The van der Waals surface area contributed by atoms with Gasteiger partial charge in [-0.05, 0) is 6.42 Å². The largest absolute Gasteiger partial charge is 0.355 e. The van der Waals surface area contributed by atoms with Gasteiger partial charge in [0.2, 0.25) is 0 Å². The Morgan fingerprint density at radius 1 is 1.19 bits per heavy atom. The van der Waals surface area contributed by atoms with Crippen molar-refractivity contribution in [1.29, 1.82) is 0 Å². The average Bonchev–Trinajstić information content (AvgIpc) is 3.09. The summed E-state index contributed by atoms with van der Waals surface area (Å²) in [7, 11) is 1.86. The van der Waals surface area contributed by atoms with E-state index in [2.05, 4.69) is 54.0 Å². The third-order valence-corrected chi connectivity index (χ3v) is 5.95. The average molecular weight is 488 g/mol. The summed E-state index contributed by atoms with van der Waals surface area (Å²) in [6.45, 7) is 12.3. The molecule has 3 fully saturated rings. The molecule has 0 aromatic carbocycles. The monoisotopic (exact) mass is 488 g/mol. The van der Waals surface area contributed by atoms with Gasteiger partial charge in [0, 0.05) is 77.3 Å². The Kier molecular flexibility index (Phi) is 6.96. The Labute approximate surface area is 179 Å². The minimum absolute atomic E-state index is 0. The summed E-state index contributed by atoms with van der Waals surface area (Å²) >= 11 is 0. The maximum Gasteiger partial charge on any atom is 0.191 e. The molecule has 0 aliphatic carbocycles. The summed E-state index contributed by atoms with van der Waals surface area (Å²) in [6, 6.07) is 0.966. The molecule has 5 heterocycles. The van der Waals surface area contributed by atoms with Crippen LogP contribution in [0.15, 0.2) is 4.99 Å². The molecular formula is C18H33IN8. The first-order chi connectivity index (χ1) is 12.6. The van der Waals surface area contributed by atoms with Crippen molar-refractivity contribution >= 4 is 29.9 Å². The number of piperazine rings is 3. The standard InChI is InChI=1S/C18H32N8.HI/c1-13(2)17-23-22-16-5-4-14(11-26(16)17)21-18(19-3)20-10-15-12-24-6-8-25(15)9-7-24;/h13-15H,4-12H2,1-3H3,(H2,19,20,21);1H. The van der Waals surface area contributed by atoms with Crippen LogP contribution < -0.4 is 10.6 Å². The van der Waals surface area contributed by atoms with E-state index < -0.39 is 0 Å². The van der Waals surface area contributed by atoms with Crippen LogP contribution >= 0.6 is 24.0 Å². The summed E-state index contributed by atoms with van der Waals surface area (Å²) in [5.74, 6) is 3.53. The number of aromatic nitrogens is 3. The lowest BCUT2D eigenvalue weighted by atomic mass is 10.1. The summed E-state index contributed by atoms with van der Waals surface area (Å²) in [5, 5.41) is 15.9. The van der Waals surface area contributed by atoms with Crippen LogP contribution in [0.3, 0.4) is 0 Å². The minimum Gasteiger partial charge on any atom is -0.355 e. The first-order valence-electron chi connectivity index (χ1n) is 9.99. The zero-order valence-corrected chi connectivity index (χ0v) is 19.0. The molecule has 5 rings (SSSR count). The minimum atomic E-state index is 0. The van der Waals surface area contributed by atoms with Gasteiger partial charge >= 0.3 is 0 Å². The number of guanidine groups is 1. The second kappa shape index (κ2) is 9.04. The van der Waals surface area contributed by atoms with E-state index in [9.17, 15) is 0 Å². The van der Waals surface area contributed by atoms with Crippen molar-refractivity contribution in [3.63, 3.8) is 0 Å². The van der Waals surface area contributed by atoms with Crippen LogP contribution in [0.1, 0.15) is 37.8 Å². The molecule has 4 aliphatic rings. The van der Waals surface area contributed by atoms with Crippen LogP contribution in [0.2, 0.25) is 0 Å². The SMILES string of the molecule is CN=C(NCC1CN2CCN1CC2)NC1CCc2nnc(C(C)C)n2C1.I. The lowest BCUT2D eigenvalue weighted by Crippen LogP contribution is -2.64. The molecule has 27 heavy (non-hydrogen) atoms. The molecule has 3 saturated heterocycles. The zero-order chi connectivity index (χ0) is 18.1. The van der Waals surface area contributed by atoms with E-state index >= 15 is 0 Å². The Bertz CT molecular complexity index is 650. The van der Waals surface area contributed by atoms with E-state index in [4.69, 9.17) is 0 Å². The van der Waals surface area contributed by atoms with Crippen LogP contribution in [-0.4, -0.2) is 88.9 Å². The Morgan fingerprint density at radius 2 is 1.96 bits per heavy atom. The predicted molar refractivity (Wildman–Crippen MR) is 118 cm³/mol. The van der Waals surface area contributed by atoms with Crippen molar-refractivity contribution in [3.05, 3.63) is 11.6 Å². The van der Waals surface area contributed by atoms with Crippen LogP contribution in [-0.2, 0) is 13.0 Å². The molecule has 9 heteroatoms. The molecule has 8 nitrogen and oxygen atoms in total. The van der Waals surface area contributed by atoms with Gasteiger partial charge in [-0.3, -0.25) is 14.8 Å². The molecule has 2 bridgehead atoms. The molecule has 1 aromatic heterocycles. The second-order valence-corrected chi connectivity index (χ2v) is 8.06. The van der Waals surface area contributed by atoms with E-state index in [1.165, 1.54) is 32.7 Å². The van der Waals surface area contributed by atoms with Crippen molar-refractivity contribution in [2.24, 2.45) is 4.99 Å². The first-order valence-corrected chi connectivity index (χ1v) is 9.99. The van der Waals surface area contributed by atoms with Crippen LogP contribution in [0, 0.1) is 0 Å². The molecule has 2 atom stereocenters. The van der Waals surface area contributed by atoms with Gasteiger partial charge in [0.25, 0.3) is 0 Å². The molecular weight excluding hydrogens is 455 g/mol. The van der Waals surface area contributed by atoms with Gasteiger partial charge in [-0.15, -0.1) is 34.2 Å². The molecule has 0 spiro atoms. The zero-order valence-electron chi connectivity index (χ0n) is 16.7. The highest BCUT2D eigenvalue weighted by Crippen LogP contribution is 2.20. The lowest BCUT2D eigenvalue weighted by molar-refractivity contribution is 0.0154. The maximum absolute atomic E-state index is 4.45. The fourth-order valence-electron chi connectivity index (χ4n) is 4.41. The van der Waals surface area contributed by atoms with Gasteiger partial charge in [0.15, 0.2) is 5.96 Å². The molecule has 2 N–H and O–H groups in total. The van der Waals surface area contributed by atoms with Crippen molar-refractivity contribution in [1.82, 2.24) is 35.2 Å². The summed E-state index contributed by atoms with van der Waals surface area (Å²) in [5.41, 5.74) is 0. The number of hydrogen-bond acceptors (Lipinski definition) is 5. The molecule has 152 valence electrons. The van der Waals surface area contributed by atoms with E-state index in [-0.39, 0.29) is 24.0 Å². The van der Waals surface area contributed by atoms with Crippen LogP contribution in [0.4, 0.5) is 0 Å². The normalized spacial score (nSPS) is 30.0. The highest BCUT2D eigenvalue weighted by atomic mass is 127. The topological polar surface area (TPSA) is 73.6 Å². The number of aliphatic imine (C=N–C) groups is 1. The molecule has 0 saturated carbocycles. The third kappa shape index (κ3) is 4.56. The maximum atomic E-state index is 4.45. The molecule has 0 radical (unpaired) electrons. The van der Waals surface area contributed by atoms with E-state index in [0.29, 0.717) is 18.0 Å². The fourth-order valence-corrected chi connectivity index (χ4v) is 4.41. The van der Waals surface area contributed by atoms with Gasteiger partial charge in [-0.2, -0.15) is 0 Å². The smallest absolute Gasteiger partial charge is 0.191 e. The number of halogens is 1. The Balaban J connectivity index is 0.00000210. The Hall–Kier alpha value is -0.940. The fraction of sp³-hybridized carbons (Fsp3) is 0.833. The van der Waals surface area contributed by atoms with Crippen molar-refractivity contribution in [3.8, 4) is 0 Å². The second-order valence-electron chi connectivity index (χ2n) is 8.06. The van der Waals surface area contributed by atoms with E-state index in [0.717, 1.165) is 43.5 Å². The number of rotatable bonds is 4. The van der Waals surface area contributed by atoms with E-state index in [1.807, 2.05) is 7.05 Å². The highest BCUT2D eigenvalue weighted by molar-refractivity contribution is 14.0. The van der Waals surface area contributed by atoms with Crippen molar-refractivity contribution < 1.29 is 0 Å². The predicted octanol–water partition coefficient (Wildman–Crippen LogP) is 0.499. The van der Waals surface area contributed by atoms with Crippen LogP contribution in [0.5, 0.6) is 0 Å². The lowest BCUT2D eigenvalue weighted by Gasteiger charge is -2.47. The molecule has 1 aromatic rings. The first kappa shape index (κ1) is 20.8. The summed E-state index contributed by atoms with van der Waals surface area (Å²) in [6.07, 6.45) is 2.04. The van der Waals surface area contributed by atoms with E-state index in [1.54, 1.807) is 0 Å². The number of aryl methyl sites for hydroxylation is 1. The molecule has 2 unspecified atom stereocenters. The summed E-state index contributed by atoms with van der Waals surface area (Å²) in [4.78, 5) is 9.64. The van der Waals surface area contributed by atoms with Gasteiger partial charge in [0.1, 0.15) is 11.6 Å². The van der Waals surface area contributed by atoms with Gasteiger partial charge in [0.05, 0.1) is 0 Å². The van der Waals surface area contributed by atoms with Crippen molar-refractivity contribution in [2.45, 2.75) is 51.2 Å². The third-order valence-electron chi connectivity index (χ3n) is 5.95. The number of nitrogens with one attached hydrogen (secondary N) is 2. The number of nitrogens with zero attached hydrogens (tertiary/aromatic N) is 6. The number of hydrogen-bond donors (Lipinski definition) is 2.